The number of rotatable bonds is 5. The number of nitrogens with zero attached hydrogens (tertiary/aromatic N) is 2. The van der Waals surface area contributed by atoms with Crippen molar-refractivity contribution in [2.75, 3.05) is 0 Å². The van der Waals surface area contributed by atoms with E-state index < -0.39 is 5.97 Å². The Morgan fingerprint density at radius 1 is 1.11 bits per heavy atom. The normalized spacial score (nSPS) is 16.2. The number of hydrogen-bond acceptors (Lipinski definition) is 5. The molecule has 0 spiro atoms. The molecule has 0 saturated carbocycles. The van der Waals surface area contributed by atoms with Crippen molar-refractivity contribution in [1.82, 2.24) is 4.98 Å². The lowest BCUT2D eigenvalue weighted by molar-refractivity contribution is -0.387. The molecule has 0 amide bonds. The predicted octanol–water partition coefficient (Wildman–Crippen LogP) is 7.42. The standard InChI is InChI=1S/C29H24N2O4S/c1-17-7-10-21(11-8-17)36-26-12-9-19(16-25(26)31(34)35)15-20-13-18(2)14-23-27(29(32)33)22-5-3-4-6-24(22)30-28(20)23/h3-12,15-16,18H,13-14H2,1-2H3,(H,32,33)/b20-15-. The summed E-state index contributed by atoms with van der Waals surface area (Å²) in [6, 6.07) is 20.4. The molecule has 7 heteroatoms. The summed E-state index contributed by atoms with van der Waals surface area (Å²) in [5.41, 5.74) is 5.08. The van der Waals surface area contributed by atoms with Gasteiger partial charge in [0.05, 0.1) is 26.6 Å². The molecule has 4 aromatic rings. The van der Waals surface area contributed by atoms with E-state index >= 15 is 0 Å². The molecule has 6 nitrogen and oxygen atoms in total. The van der Waals surface area contributed by atoms with Crippen LogP contribution in [0.3, 0.4) is 0 Å². The van der Waals surface area contributed by atoms with Crippen LogP contribution in [0.2, 0.25) is 0 Å². The Morgan fingerprint density at radius 3 is 2.58 bits per heavy atom. The molecule has 0 saturated heterocycles. The number of fused-ring (bicyclic) bond motifs is 2. The largest absolute Gasteiger partial charge is 0.478 e. The monoisotopic (exact) mass is 496 g/mol. The van der Waals surface area contributed by atoms with Gasteiger partial charge in [-0.25, -0.2) is 9.78 Å². The van der Waals surface area contributed by atoms with E-state index in [1.807, 2.05) is 61.5 Å². The number of nitro groups is 1. The van der Waals surface area contributed by atoms with E-state index in [0.717, 1.165) is 21.6 Å². The Bertz CT molecular complexity index is 1540. The first kappa shape index (κ1) is 23.8. The summed E-state index contributed by atoms with van der Waals surface area (Å²) in [5, 5.41) is 22.6. The lowest BCUT2D eigenvalue weighted by atomic mass is 9.80. The van der Waals surface area contributed by atoms with Gasteiger partial charge in [0, 0.05) is 16.3 Å². The minimum atomic E-state index is -0.966. The van der Waals surface area contributed by atoms with E-state index in [1.165, 1.54) is 11.8 Å². The second kappa shape index (κ2) is 9.59. The zero-order valence-electron chi connectivity index (χ0n) is 19.9. The van der Waals surface area contributed by atoms with Gasteiger partial charge in [0.1, 0.15) is 0 Å². The van der Waals surface area contributed by atoms with Gasteiger partial charge in [-0.15, -0.1) is 0 Å². The van der Waals surface area contributed by atoms with E-state index in [2.05, 4.69) is 6.92 Å². The van der Waals surface area contributed by atoms with Gasteiger partial charge >= 0.3 is 5.97 Å². The Hall–Kier alpha value is -3.97. The van der Waals surface area contributed by atoms with Crippen LogP contribution in [0.15, 0.2) is 76.5 Å². The summed E-state index contributed by atoms with van der Waals surface area (Å²) < 4.78 is 0. The number of aryl methyl sites for hydroxylation is 1. The van der Waals surface area contributed by atoms with Crippen molar-refractivity contribution in [3.63, 3.8) is 0 Å². The highest BCUT2D eigenvalue weighted by molar-refractivity contribution is 7.99. The number of para-hydroxylation sites is 1. The second-order valence-electron chi connectivity index (χ2n) is 9.22. The average molecular weight is 497 g/mol. The summed E-state index contributed by atoms with van der Waals surface area (Å²) in [6.07, 6.45) is 3.25. The topological polar surface area (TPSA) is 93.3 Å². The first-order valence-corrected chi connectivity index (χ1v) is 12.5. The molecule has 180 valence electrons. The second-order valence-corrected chi connectivity index (χ2v) is 10.3. The molecule has 1 unspecified atom stereocenters. The van der Waals surface area contributed by atoms with Crippen LogP contribution in [0, 0.1) is 23.0 Å². The maximum Gasteiger partial charge on any atom is 0.336 e. The maximum absolute atomic E-state index is 12.3. The number of allylic oxidation sites excluding steroid dienone is 1. The molecule has 1 aliphatic carbocycles. The smallest absolute Gasteiger partial charge is 0.336 e. The molecular weight excluding hydrogens is 472 g/mol. The number of carbonyl (C=O) groups is 1. The number of hydrogen-bond donors (Lipinski definition) is 1. The molecule has 1 atom stereocenters. The minimum Gasteiger partial charge on any atom is -0.478 e. The summed E-state index contributed by atoms with van der Waals surface area (Å²) in [4.78, 5) is 30.2. The van der Waals surface area contributed by atoms with Crippen molar-refractivity contribution in [1.29, 1.82) is 0 Å². The third-order valence-electron chi connectivity index (χ3n) is 6.40. The van der Waals surface area contributed by atoms with Crippen LogP contribution in [0.4, 0.5) is 5.69 Å². The van der Waals surface area contributed by atoms with E-state index in [1.54, 1.807) is 18.2 Å². The van der Waals surface area contributed by atoms with Gasteiger partial charge in [0.15, 0.2) is 0 Å². The van der Waals surface area contributed by atoms with Crippen LogP contribution >= 0.6 is 11.8 Å². The highest BCUT2D eigenvalue weighted by atomic mass is 32.2. The summed E-state index contributed by atoms with van der Waals surface area (Å²) in [5.74, 6) is -0.748. The third kappa shape index (κ3) is 4.62. The first-order valence-electron chi connectivity index (χ1n) is 11.7. The molecule has 3 aromatic carbocycles. The van der Waals surface area contributed by atoms with Crippen molar-refractivity contribution in [2.24, 2.45) is 5.92 Å². The van der Waals surface area contributed by atoms with Gasteiger partial charge in [0.2, 0.25) is 0 Å². The maximum atomic E-state index is 12.3. The van der Waals surface area contributed by atoms with Crippen molar-refractivity contribution < 1.29 is 14.8 Å². The first-order chi connectivity index (χ1) is 17.3. The molecular formula is C29H24N2O4S. The van der Waals surface area contributed by atoms with Gasteiger partial charge < -0.3 is 5.11 Å². The molecule has 0 bridgehead atoms. The van der Waals surface area contributed by atoms with Crippen molar-refractivity contribution >= 4 is 46.0 Å². The highest BCUT2D eigenvalue weighted by Gasteiger charge is 2.28. The summed E-state index contributed by atoms with van der Waals surface area (Å²) in [7, 11) is 0. The number of benzene rings is 3. The number of pyridine rings is 1. The van der Waals surface area contributed by atoms with Crippen LogP contribution in [0.5, 0.6) is 0 Å². The predicted molar refractivity (Wildman–Crippen MR) is 142 cm³/mol. The molecule has 0 radical (unpaired) electrons. The zero-order chi connectivity index (χ0) is 25.4. The lowest BCUT2D eigenvalue weighted by Crippen LogP contribution is -2.17. The van der Waals surface area contributed by atoms with Gasteiger partial charge in [-0.1, -0.05) is 60.6 Å². The van der Waals surface area contributed by atoms with Crippen LogP contribution in [-0.2, 0) is 6.42 Å². The van der Waals surface area contributed by atoms with Gasteiger partial charge in [-0.3, -0.25) is 10.1 Å². The van der Waals surface area contributed by atoms with Crippen LogP contribution < -0.4 is 0 Å². The van der Waals surface area contributed by atoms with E-state index in [0.29, 0.717) is 45.5 Å². The molecule has 5 rings (SSSR count). The number of aromatic nitrogens is 1. The van der Waals surface area contributed by atoms with E-state index in [-0.39, 0.29) is 16.5 Å². The summed E-state index contributed by atoms with van der Waals surface area (Å²) in [6.45, 7) is 4.09. The SMILES string of the molecule is Cc1ccc(Sc2ccc(/C=C3/CC(C)Cc4c3nc3ccccc3c4C(=O)O)cc2[N+](=O)[O-])cc1. The fraction of sp³-hybridized carbons (Fsp3) is 0.172. The highest BCUT2D eigenvalue weighted by Crippen LogP contribution is 2.40. The Balaban J connectivity index is 1.60. The molecule has 1 aliphatic rings. The van der Waals surface area contributed by atoms with Crippen molar-refractivity contribution in [2.45, 2.75) is 36.5 Å². The molecule has 1 aromatic heterocycles. The van der Waals surface area contributed by atoms with Crippen molar-refractivity contribution in [3.05, 3.63) is 105 Å². The van der Waals surface area contributed by atoms with E-state index in [4.69, 9.17) is 4.98 Å². The van der Waals surface area contributed by atoms with E-state index in [9.17, 15) is 20.0 Å². The van der Waals surface area contributed by atoms with Gasteiger partial charge in [-0.05, 0) is 72.7 Å². The molecule has 0 fully saturated rings. The number of carboxylic acids is 1. The van der Waals surface area contributed by atoms with Crippen molar-refractivity contribution in [3.8, 4) is 0 Å². The summed E-state index contributed by atoms with van der Waals surface area (Å²) >= 11 is 1.36. The fourth-order valence-corrected chi connectivity index (χ4v) is 5.67. The minimum absolute atomic E-state index is 0.0386. The quantitative estimate of drug-likeness (QED) is 0.228. The lowest BCUT2D eigenvalue weighted by Gasteiger charge is -2.26. The number of nitro benzene ring substituents is 1. The van der Waals surface area contributed by atoms with Crippen LogP contribution in [0.1, 0.15) is 46.1 Å². The number of aromatic carboxylic acids is 1. The fourth-order valence-electron chi connectivity index (χ4n) is 4.77. The number of carboxylic acid groups (broad SMARTS) is 1. The zero-order valence-corrected chi connectivity index (χ0v) is 20.7. The molecule has 36 heavy (non-hydrogen) atoms. The third-order valence-corrected chi connectivity index (χ3v) is 7.47. The van der Waals surface area contributed by atoms with Gasteiger partial charge in [-0.2, -0.15) is 0 Å². The Kier molecular flexibility index (Phi) is 6.33. The van der Waals surface area contributed by atoms with Crippen LogP contribution in [0.25, 0.3) is 22.6 Å². The Morgan fingerprint density at radius 2 is 1.86 bits per heavy atom. The van der Waals surface area contributed by atoms with Gasteiger partial charge in [0.25, 0.3) is 5.69 Å². The molecule has 1 heterocycles. The van der Waals surface area contributed by atoms with Crippen LogP contribution in [-0.4, -0.2) is 21.0 Å². The molecule has 1 N–H and O–H groups in total. The molecule has 0 aliphatic heterocycles. The Labute approximate surface area is 212 Å². The average Bonchev–Trinajstić information content (AvgIpc) is 2.84.